The lowest BCUT2D eigenvalue weighted by Gasteiger charge is -2.08. The van der Waals surface area contributed by atoms with Gasteiger partial charge in [0, 0.05) is 17.9 Å². The molecule has 0 saturated heterocycles. The highest BCUT2D eigenvalue weighted by Gasteiger charge is 2.14. The molecule has 1 heterocycles. The van der Waals surface area contributed by atoms with Crippen molar-refractivity contribution in [2.75, 3.05) is 0 Å². The quantitative estimate of drug-likeness (QED) is 0.796. The van der Waals surface area contributed by atoms with E-state index in [1.165, 1.54) is 24.3 Å². The van der Waals surface area contributed by atoms with Gasteiger partial charge in [0.2, 0.25) is 0 Å². The molecule has 1 aromatic heterocycles. The topological polar surface area (TPSA) is 39.2 Å². The van der Waals surface area contributed by atoms with Gasteiger partial charge in [0.05, 0.1) is 5.69 Å². The number of para-hydroxylation sites is 1. The van der Waals surface area contributed by atoms with Gasteiger partial charge in [-0.25, -0.2) is 4.98 Å². The van der Waals surface area contributed by atoms with Crippen LogP contribution in [0.2, 0.25) is 0 Å². The van der Waals surface area contributed by atoms with Crippen molar-refractivity contribution in [3.8, 4) is 17.0 Å². The second-order valence-electron chi connectivity index (χ2n) is 3.47. The highest BCUT2D eigenvalue weighted by atomic mass is 32.1. The van der Waals surface area contributed by atoms with Crippen molar-refractivity contribution in [3.05, 3.63) is 34.7 Å². The summed E-state index contributed by atoms with van der Waals surface area (Å²) in [5.74, 6) is -0.105. The molecule has 0 radical (unpaired) electrons. The fraction of sp³-hybridized carbons (Fsp3) is 0.167. The molecule has 0 unspecified atom stereocenters. The first-order valence-corrected chi connectivity index (χ1v) is 5.96. The van der Waals surface area contributed by atoms with Gasteiger partial charge >= 0.3 is 6.61 Å². The number of alkyl halides is 2. The van der Waals surface area contributed by atoms with E-state index in [0.717, 1.165) is 0 Å². The summed E-state index contributed by atoms with van der Waals surface area (Å²) in [6.45, 7) is -1.48. The number of carbonyl (C=O) groups is 1. The van der Waals surface area contributed by atoms with Crippen molar-refractivity contribution in [2.24, 2.45) is 0 Å². The van der Waals surface area contributed by atoms with Gasteiger partial charge in [0.15, 0.2) is 10.8 Å². The molecule has 18 heavy (non-hydrogen) atoms. The summed E-state index contributed by atoms with van der Waals surface area (Å²) in [5.41, 5.74) is 0.906. The van der Waals surface area contributed by atoms with Gasteiger partial charge in [-0.2, -0.15) is 8.78 Å². The Hall–Kier alpha value is -1.82. The Morgan fingerprint density at radius 1 is 1.39 bits per heavy atom. The molecule has 2 aromatic rings. The summed E-state index contributed by atoms with van der Waals surface area (Å²) in [6, 6.07) is 6.35. The lowest BCUT2D eigenvalue weighted by molar-refractivity contribution is -0.0494. The van der Waals surface area contributed by atoms with E-state index >= 15 is 0 Å². The van der Waals surface area contributed by atoms with Crippen LogP contribution in [0.3, 0.4) is 0 Å². The zero-order valence-electron chi connectivity index (χ0n) is 9.39. The van der Waals surface area contributed by atoms with Crippen LogP contribution in [0.5, 0.6) is 5.75 Å². The van der Waals surface area contributed by atoms with Crippen LogP contribution in [-0.2, 0) is 0 Å². The van der Waals surface area contributed by atoms with Gasteiger partial charge < -0.3 is 4.74 Å². The van der Waals surface area contributed by atoms with Crippen molar-refractivity contribution >= 4 is 17.1 Å². The summed E-state index contributed by atoms with van der Waals surface area (Å²) >= 11 is 1.18. The number of halogens is 2. The van der Waals surface area contributed by atoms with E-state index in [-0.39, 0.29) is 11.5 Å². The van der Waals surface area contributed by atoms with Crippen LogP contribution in [0.25, 0.3) is 11.3 Å². The van der Waals surface area contributed by atoms with E-state index in [4.69, 9.17) is 0 Å². The fourth-order valence-corrected chi connectivity index (χ4v) is 2.16. The van der Waals surface area contributed by atoms with Crippen LogP contribution in [0, 0.1) is 0 Å². The molecular weight excluding hydrogens is 260 g/mol. The van der Waals surface area contributed by atoms with Crippen LogP contribution in [0.15, 0.2) is 29.6 Å². The van der Waals surface area contributed by atoms with Crippen LogP contribution < -0.4 is 4.74 Å². The van der Waals surface area contributed by atoms with E-state index in [1.54, 1.807) is 23.6 Å². The molecule has 0 aliphatic heterocycles. The number of benzene rings is 1. The molecule has 0 spiro atoms. The molecule has 0 fully saturated rings. The highest BCUT2D eigenvalue weighted by molar-refractivity contribution is 7.12. The highest BCUT2D eigenvalue weighted by Crippen LogP contribution is 2.31. The number of ether oxygens (including phenoxy) is 1. The van der Waals surface area contributed by atoms with Gasteiger partial charge in [-0.15, -0.1) is 11.3 Å². The van der Waals surface area contributed by atoms with Gasteiger partial charge in [-0.3, -0.25) is 4.79 Å². The molecule has 0 N–H and O–H groups in total. The minimum Gasteiger partial charge on any atom is -0.434 e. The monoisotopic (exact) mass is 269 g/mol. The zero-order chi connectivity index (χ0) is 13.1. The Kier molecular flexibility index (Phi) is 3.66. The molecule has 1 aromatic carbocycles. The molecular formula is C12H9F2NO2S. The third kappa shape index (κ3) is 2.70. The van der Waals surface area contributed by atoms with E-state index in [1.807, 2.05) is 0 Å². The minimum absolute atomic E-state index is 0.0490. The van der Waals surface area contributed by atoms with Crippen molar-refractivity contribution in [2.45, 2.75) is 13.5 Å². The predicted octanol–water partition coefficient (Wildman–Crippen LogP) is 3.61. The number of rotatable bonds is 4. The Morgan fingerprint density at radius 3 is 2.72 bits per heavy atom. The molecule has 94 valence electrons. The molecule has 0 bridgehead atoms. The van der Waals surface area contributed by atoms with Gasteiger partial charge in [0.1, 0.15) is 5.75 Å². The first-order valence-electron chi connectivity index (χ1n) is 5.08. The van der Waals surface area contributed by atoms with Gasteiger partial charge in [-0.1, -0.05) is 12.1 Å². The summed E-state index contributed by atoms with van der Waals surface area (Å²) in [5, 5.41) is 1.99. The largest absolute Gasteiger partial charge is 0.434 e. The van der Waals surface area contributed by atoms with Crippen molar-refractivity contribution in [1.82, 2.24) is 4.98 Å². The number of thiazole rings is 1. The number of aromatic nitrogens is 1. The average Bonchev–Trinajstić information content (AvgIpc) is 2.78. The maximum atomic E-state index is 12.3. The van der Waals surface area contributed by atoms with Crippen LogP contribution in [-0.4, -0.2) is 17.4 Å². The maximum absolute atomic E-state index is 12.3. The van der Waals surface area contributed by atoms with Crippen LogP contribution in [0.4, 0.5) is 8.78 Å². The number of Topliss-reactive ketones (excluding diaryl/α,β-unsaturated/α-hetero) is 1. The Bertz CT molecular complexity index is 569. The van der Waals surface area contributed by atoms with Crippen molar-refractivity contribution in [1.29, 1.82) is 0 Å². The fourth-order valence-electron chi connectivity index (χ4n) is 1.44. The minimum atomic E-state index is -2.89. The number of nitrogens with zero attached hydrogens (tertiary/aromatic N) is 1. The van der Waals surface area contributed by atoms with E-state index in [0.29, 0.717) is 16.3 Å². The Morgan fingerprint density at radius 2 is 2.11 bits per heavy atom. The number of hydrogen-bond donors (Lipinski definition) is 0. The lowest BCUT2D eigenvalue weighted by Crippen LogP contribution is -2.03. The third-order valence-corrected chi connectivity index (χ3v) is 3.13. The first-order chi connectivity index (χ1) is 8.58. The summed E-state index contributed by atoms with van der Waals surface area (Å²) in [7, 11) is 0. The molecule has 2 rings (SSSR count). The Balaban J connectivity index is 2.39. The van der Waals surface area contributed by atoms with Crippen molar-refractivity contribution in [3.63, 3.8) is 0 Å². The normalized spacial score (nSPS) is 10.7. The molecule has 0 amide bonds. The van der Waals surface area contributed by atoms with Crippen LogP contribution >= 0.6 is 11.3 Å². The molecule has 0 atom stereocenters. The SMILES string of the molecule is CC(=O)c1nc(-c2ccccc2OC(F)F)cs1. The summed E-state index contributed by atoms with van der Waals surface area (Å²) < 4.78 is 28.9. The second-order valence-corrected chi connectivity index (χ2v) is 4.33. The van der Waals surface area contributed by atoms with Gasteiger partial charge in [0.25, 0.3) is 0 Å². The van der Waals surface area contributed by atoms with E-state index in [9.17, 15) is 13.6 Å². The number of hydrogen-bond acceptors (Lipinski definition) is 4. The lowest BCUT2D eigenvalue weighted by atomic mass is 10.1. The Labute approximate surface area is 106 Å². The van der Waals surface area contributed by atoms with Gasteiger partial charge in [-0.05, 0) is 12.1 Å². The second kappa shape index (κ2) is 5.22. The first kappa shape index (κ1) is 12.6. The number of carbonyl (C=O) groups excluding carboxylic acids is 1. The average molecular weight is 269 g/mol. The number of ketones is 1. The molecule has 0 saturated carbocycles. The van der Waals surface area contributed by atoms with E-state index < -0.39 is 6.61 Å². The van der Waals surface area contributed by atoms with E-state index in [2.05, 4.69) is 9.72 Å². The van der Waals surface area contributed by atoms with Crippen molar-refractivity contribution < 1.29 is 18.3 Å². The third-order valence-electron chi connectivity index (χ3n) is 2.18. The molecule has 6 heteroatoms. The standard InChI is InChI=1S/C12H9F2NO2S/c1-7(16)11-15-9(6-18-11)8-4-2-3-5-10(8)17-12(13)14/h2-6,12H,1H3. The molecule has 0 aliphatic rings. The van der Waals surface area contributed by atoms with Crippen LogP contribution in [0.1, 0.15) is 16.7 Å². The zero-order valence-corrected chi connectivity index (χ0v) is 10.2. The molecule has 3 nitrogen and oxygen atoms in total. The molecule has 0 aliphatic carbocycles. The predicted molar refractivity (Wildman–Crippen MR) is 64.2 cm³/mol. The smallest absolute Gasteiger partial charge is 0.387 e. The summed E-state index contributed by atoms with van der Waals surface area (Å²) in [6.07, 6.45) is 0. The maximum Gasteiger partial charge on any atom is 0.387 e. The summed E-state index contributed by atoms with van der Waals surface area (Å²) in [4.78, 5) is 15.2.